The maximum Gasteiger partial charge on any atom is 0.170 e. The van der Waals surface area contributed by atoms with Crippen LogP contribution in [0.4, 0.5) is 0 Å². The van der Waals surface area contributed by atoms with Gasteiger partial charge >= 0.3 is 0 Å². The molecule has 0 unspecified atom stereocenters. The standard InChI is InChI=1S/C13H14N2O2S/c1-9-12(6-7-17-9)18-8-10-4-2-3-5-11(10)13(14)15-16/h2-7,16H,8H2,1H3,(H2,14,15). The number of rotatable bonds is 4. The van der Waals surface area contributed by atoms with Crippen molar-refractivity contribution in [2.75, 3.05) is 0 Å². The number of aryl methyl sites for hydroxylation is 1. The Morgan fingerprint density at radius 2 is 2.17 bits per heavy atom. The average molecular weight is 262 g/mol. The minimum absolute atomic E-state index is 0.134. The van der Waals surface area contributed by atoms with Gasteiger partial charge in [-0.2, -0.15) is 0 Å². The van der Waals surface area contributed by atoms with Crippen LogP contribution in [-0.2, 0) is 5.75 Å². The zero-order valence-corrected chi connectivity index (χ0v) is 10.8. The van der Waals surface area contributed by atoms with Gasteiger partial charge in [-0.3, -0.25) is 0 Å². The van der Waals surface area contributed by atoms with E-state index in [0.717, 1.165) is 27.5 Å². The average Bonchev–Trinajstić information content (AvgIpc) is 2.81. The molecule has 0 bridgehead atoms. The summed E-state index contributed by atoms with van der Waals surface area (Å²) in [6.07, 6.45) is 1.67. The van der Waals surface area contributed by atoms with Crippen LogP contribution in [0.5, 0.6) is 0 Å². The largest absolute Gasteiger partial charge is 0.468 e. The van der Waals surface area contributed by atoms with Crippen molar-refractivity contribution >= 4 is 17.6 Å². The molecule has 3 N–H and O–H groups in total. The monoisotopic (exact) mass is 262 g/mol. The molecule has 0 aliphatic heterocycles. The first-order valence-corrected chi connectivity index (χ1v) is 6.43. The Morgan fingerprint density at radius 3 is 2.83 bits per heavy atom. The summed E-state index contributed by atoms with van der Waals surface area (Å²) >= 11 is 1.66. The van der Waals surface area contributed by atoms with Gasteiger partial charge in [-0.1, -0.05) is 29.4 Å². The predicted molar refractivity (Wildman–Crippen MR) is 72.0 cm³/mol. The van der Waals surface area contributed by atoms with E-state index >= 15 is 0 Å². The topological polar surface area (TPSA) is 71.8 Å². The molecule has 1 aromatic heterocycles. The number of nitrogens with two attached hydrogens (primary N) is 1. The van der Waals surface area contributed by atoms with E-state index in [9.17, 15) is 0 Å². The van der Waals surface area contributed by atoms with E-state index in [2.05, 4.69) is 5.16 Å². The number of thioether (sulfide) groups is 1. The van der Waals surface area contributed by atoms with Gasteiger partial charge in [-0.15, -0.1) is 11.8 Å². The number of nitrogens with zero attached hydrogens (tertiary/aromatic N) is 1. The van der Waals surface area contributed by atoms with Gasteiger partial charge in [-0.05, 0) is 18.6 Å². The number of oxime groups is 1. The molecule has 0 aliphatic rings. The molecule has 0 amide bonds. The first kappa shape index (κ1) is 12.6. The van der Waals surface area contributed by atoms with Crippen LogP contribution in [0.1, 0.15) is 16.9 Å². The molecular weight excluding hydrogens is 248 g/mol. The van der Waals surface area contributed by atoms with Gasteiger partial charge < -0.3 is 15.4 Å². The first-order chi connectivity index (χ1) is 8.72. The van der Waals surface area contributed by atoms with Gasteiger partial charge in [0.25, 0.3) is 0 Å². The normalized spacial score (nSPS) is 11.7. The second-order valence-electron chi connectivity index (χ2n) is 3.77. The summed E-state index contributed by atoms with van der Waals surface area (Å²) < 4.78 is 5.24. The van der Waals surface area contributed by atoms with E-state index in [-0.39, 0.29) is 5.84 Å². The van der Waals surface area contributed by atoms with Gasteiger partial charge in [0.15, 0.2) is 5.84 Å². The fraction of sp³-hybridized carbons (Fsp3) is 0.154. The van der Waals surface area contributed by atoms with Gasteiger partial charge in [0, 0.05) is 16.2 Å². The molecule has 0 fully saturated rings. The fourth-order valence-corrected chi connectivity index (χ4v) is 2.59. The maximum atomic E-state index is 8.75. The Bertz CT molecular complexity index is 564. The van der Waals surface area contributed by atoms with E-state index in [1.807, 2.05) is 37.3 Å². The molecule has 0 aliphatic carbocycles. The molecule has 2 aromatic rings. The minimum atomic E-state index is 0.134. The van der Waals surface area contributed by atoms with Crippen LogP contribution >= 0.6 is 11.8 Å². The second kappa shape index (κ2) is 5.64. The highest BCUT2D eigenvalue weighted by Gasteiger charge is 2.08. The molecule has 2 rings (SSSR count). The first-order valence-electron chi connectivity index (χ1n) is 5.45. The molecule has 18 heavy (non-hydrogen) atoms. The minimum Gasteiger partial charge on any atom is -0.468 e. The molecule has 0 saturated heterocycles. The van der Waals surface area contributed by atoms with Crippen molar-refractivity contribution in [2.24, 2.45) is 10.9 Å². The Balaban J connectivity index is 2.17. The fourth-order valence-electron chi connectivity index (χ4n) is 1.63. The van der Waals surface area contributed by atoms with Crippen molar-refractivity contribution in [2.45, 2.75) is 17.6 Å². The summed E-state index contributed by atoms with van der Waals surface area (Å²) in [5, 5.41) is 11.8. The summed E-state index contributed by atoms with van der Waals surface area (Å²) in [5.74, 6) is 1.78. The van der Waals surface area contributed by atoms with Gasteiger partial charge in [0.05, 0.1) is 6.26 Å². The number of hydrogen-bond acceptors (Lipinski definition) is 4. The van der Waals surface area contributed by atoms with Crippen molar-refractivity contribution < 1.29 is 9.62 Å². The third-order valence-electron chi connectivity index (χ3n) is 2.60. The Morgan fingerprint density at radius 1 is 1.39 bits per heavy atom. The summed E-state index contributed by atoms with van der Waals surface area (Å²) in [6.45, 7) is 1.93. The van der Waals surface area contributed by atoms with Gasteiger partial charge in [-0.25, -0.2) is 0 Å². The van der Waals surface area contributed by atoms with E-state index in [1.165, 1.54) is 0 Å². The van der Waals surface area contributed by atoms with E-state index in [1.54, 1.807) is 18.0 Å². The van der Waals surface area contributed by atoms with Crippen molar-refractivity contribution in [1.29, 1.82) is 0 Å². The smallest absolute Gasteiger partial charge is 0.170 e. The summed E-state index contributed by atoms with van der Waals surface area (Å²) in [4.78, 5) is 1.10. The van der Waals surface area contributed by atoms with Crippen LogP contribution in [0.2, 0.25) is 0 Å². The van der Waals surface area contributed by atoms with Gasteiger partial charge in [0.1, 0.15) is 5.76 Å². The third kappa shape index (κ3) is 2.68. The van der Waals surface area contributed by atoms with E-state index in [0.29, 0.717) is 0 Å². The lowest BCUT2D eigenvalue weighted by molar-refractivity contribution is 0.318. The molecule has 5 heteroatoms. The lowest BCUT2D eigenvalue weighted by Crippen LogP contribution is -2.15. The SMILES string of the molecule is Cc1occc1SCc1ccccc1/C(N)=N/O. The quantitative estimate of drug-likeness (QED) is 0.292. The third-order valence-corrected chi connectivity index (χ3v) is 3.79. The van der Waals surface area contributed by atoms with E-state index < -0.39 is 0 Å². The Kier molecular flexibility index (Phi) is 3.94. The van der Waals surface area contributed by atoms with Gasteiger partial charge in [0.2, 0.25) is 0 Å². The molecule has 94 valence electrons. The van der Waals surface area contributed by atoms with Crippen LogP contribution in [-0.4, -0.2) is 11.0 Å². The van der Waals surface area contributed by atoms with Crippen LogP contribution in [0, 0.1) is 6.92 Å². The van der Waals surface area contributed by atoms with Crippen LogP contribution < -0.4 is 5.73 Å². The zero-order chi connectivity index (χ0) is 13.0. The molecule has 1 heterocycles. The lowest BCUT2D eigenvalue weighted by atomic mass is 10.1. The Hall–Kier alpha value is -1.88. The summed E-state index contributed by atoms with van der Waals surface area (Å²) in [6, 6.07) is 9.55. The Labute approximate surface area is 109 Å². The number of benzene rings is 1. The molecule has 0 spiro atoms. The summed E-state index contributed by atoms with van der Waals surface area (Å²) in [7, 11) is 0. The highest BCUT2D eigenvalue weighted by molar-refractivity contribution is 7.98. The maximum absolute atomic E-state index is 8.75. The van der Waals surface area contributed by atoms with Crippen LogP contribution in [0.3, 0.4) is 0 Å². The van der Waals surface area contributed by atoms with Crippen molar-refractivity contribution in [3.63, 3.8) is 0 Å². The van der Waals surface area contributed by atoms with Crippen LogP contribution in [0.25, 0.3) is 0 Å². The molecule has 0 saturated carbocycles. The highest BCUT2D eigenvalue weighted by atomic mass is 32.2. The van der Waals surface area contributed by atoms with Crippen molar-refractivity contribution in [1.82, 2.24) is 0 Å². The second-order valence-corrected chi connectivity index (χ2v) is 4.79. The van der Waals surface area contributed by atoms with E-state index in [4.69, 9.17) is 15.4 Å². The molecule has 4 nitrogen and oxygen atoms in total. The molecule has 1 aromatic carbocycles. The molecule has 0 radical (unpaired) electrons. The molecular formula is C13H14N2O2S. The number of hydrogen-bond donors (Lipinski definition) is 2. The summed E-state index contributed by atoms with van der Waals surface area (Å²) in [5.41, 5.74) is 7.43. The lowest BCUT2D eigenvalue weighted by Gasteiger charge is -2.07. The van der Waals surface area contributed by atoms with Crippen LogP contribution in [0.15, 0.2) is 51.1 Å². The highest BCUT2D eigenvalue weighted by Crippen LogP contribution is 2.27. The predicted octanol–water partition coefficient (Wildman–Crippen LogP) is 2.97. The zero-order valence-electron chi connectivity index (χ0n) is 9.96. The number of amidine groups is 1. The molecule has 0 atom stereocenters. The van der Waals surface area contributed by atoms with Crippen molar-refractivity contribution in [3.8, 4) is 0 Å². The van der Waals surface area contributed by atoms with Crippen molar-refractivity contribution in [3.05, 3.63) is 53.5 Å². The number of furan rings is 1.